The van der Waals surface area contributed by atoms with E-state index in [1.807, 2.05) is 24.3 Å². The number of rotatable bonds is 7. The second kappa shape index (κ2) is 9.44. The van der Waals surface area contributed by atoms with E-state index in [0.29, 0.717) is 35.4 Å². The van der Waals surface area contributed by atoms with Gasteiger partial charge >= 0.3 is 0 Å². The fraction of sp³-hybridized carbons (Fsp3) is 0.278. The smallest absolute Gasteiger partial charge is 0.191 e. The van der Waals surface area contributed by atoms with Gasteiger partial charge in [-0.05, 0) is 30.2 Å². The molecule has 0 heterocycles. The van der Waals surface area contributed by atoms with E-state index < -0.39 is 9.84 Å². The molecule has 0 spiro atoms. The van der Waals surface area contributed by atoms with Crippen LogP contribution in [-0.2, 0) is 16.4 Å². The second-order valence-electron chi connectivity index (χ2n) is 5.43. The Kier molecular flexibility index (Phi) is 7.28. The third kappa shape index (κ3) is 6.07. The first-order chi connectivity index (χ1) is 12.0. The summed E-state index contributed by atoms with van der Waals surface area (Å²) >= 11 is 6.12. The highest BCUT2D eigenvalue weighted by atomic mass is 35.5. The Morgan fingerprint density at radius 3 is 2.40 bits per heavy atom. The monoisotopic (exact) mass is 379 g/mol. The van der Waals surface area contributed by atoms with Crippen LogP contribution >= 0.6 is 11.6 Å². The molecule has 2 aromatic rings. The number of hydrogen-bond acceptors (Lipinski definition) is 3. The summed E-state index contributed by atoms with van der Waals surface area (Å²) in [6.45, 7) is 1.05. The topological polar surface area (TPSA) is 70.6 Å². The Bertz CT molecular complexity index is 808. The van der Waals surface area contributed by atoms with E-state index in [2.05, 4.69) is 15.6 Å². The van der Waals surface area contributed by atoms with Crippen molar-refractivity contribution in [3.05, 3.63) is 65.2 Å². The van der Waals surface area contributed by atoms with Crippen LogP contribution in [0, 0.1) is 0 Å². The van der Waals surface area contributed by atoms with Gasteiger partial charge in [-0.1, -0.05) is 48.0 Å². The number of benzene rings is 2. The lowest BCUT2D eigenvalue weighted by Crippen LogP contribution is -2.37. The van der Waals surface area contributed by atoms with Crippen LogP contribution in [0.25, 0.3) is 0 Å². The van der Waals surface area contributed by atoms with Crippen molar-refractivity contribution in [1.29, 1.82) is 0 Å². The summed E-state index contributed by atoms with van der Waals surface area (Å²) in [4.78, 5) is 4.48. The average Bonchev–Trinajstić information content (AvgIpc) is 2.63. The largest absolute Gasteiger partial charge is 0.356 e. The van der Waals surface area contributed by atoms with Crippen molar-refractivity contribution in [3.63, 3.8) is 0 Å². The lowest BCUT2D eigenvalue weighted by molar-refractivity contribution is 0.592. The standard InChI is InChI=1S/C18H22ClN3O2S/c1-20-18(22-14-15-8-5-6-11-17(15)19)21-12-7-13-25(23,24)16-9-3-2-4-10-16/h2-6,8-11H,7,12-14H2,1H3,(H2,20,21,22). The molecule has 2 aromatic carbocycles. The van der Waals surface area contributed by atoms with Gasteiger partial charge in [-0.3, -0.25) is 4.99 Å². The number of aliphatic imine (C=N–C) groups is 1. The van der Waals surface area contributed by atoms with E-state index in [-0.39, 0.29) is 5.75 Å². The van der Waals surface area contributed by atoms with Gasteiger partial charge in [-0.2, -0.15) is 0 Å². The van der Waals surface area contributed by atoms with Gasteiger partial charge in [-0.15, -0.1) is 0 Å². The van der Waals surface area contributed by atoms with Crippen LogP contribution in [0.5, 0.6) is 0 Å². The van der Waals surface area contributed by atoms with Crippen LogP contribution in [0.3, 0.4) is 0 Å². The zero-order chi connectivity index (χ0) is 18.1. The van der Waals surface area contributed by atoms with Gasteiger partial charge in [0.1, 0.15) is 0 Å². The number of guanidine groups is 1. The Morgan fingerprint density at radius 2 is 1.72 bits per heavy atom. The third-order valence-corrected chi connectivity index (χ3v) is 5.80. The van der Waals surface area contributed by atoms with Crippen LogP contribution in [0.4, 0.5) is 0 Å². The van der Waals surface area contributed by atoms with E-state index in [1.54, 1.807) is 37.4 Å². The number of sulfone groups is 1. The Balaban J connectivity index is 1.77. The maximum Gasteiger partial charge on any atom is 0.191 e. The minimum absolute atomic E-state index is 0.0888. The number of nitrogens with one attached hydrogen (secondary N) is 2. The number of nitrogens with zero attached hydrogens (tertiary/aromatic N) is 1. The summed E-state index contributed by atoms with van der Waals surface area (Å²) in [5, 5.41) is 6.97. The van der Waals surface area contributed by atoms with E-state index in [1.165, 1.54) is 0 Å². The Hall–Kier alpha value is -2.05. The lowest BCUT2D eigenvalue weighted by atomic mass is 10.2. The van der Waals surface area contributed by atoms with E-state index in [4.69, 9.17) is 11.6 Å². The summed E-state index contributed by atoms with van der Waals surface area (Å²) in [5.74, 6) is 0.697. The first-order valence-corrected chi connectivity index (χ1v) is 10.0. The minimum atomic E-state index is -3.24. The van der Waals surface area contributed by atoms with Gasteiger partial charge in [0, 0.05) is 25.2 Å². The first-order valence-electron chi connectivity index (χ1n) is 7.98. The molecular weight excluding hydrogens is 358 g/mol. The Morgan fingerprint density at radius 1 is 1.04 bits per heavy atom. The molecule has 2 rings (SSSR count). The maximum atomic E-state index is 12.2. The van der Waals surface area contributed by atoms with Crippen LogP contribution in [-0.4, -0.2) is 33.7 Å². The molecular formula is C18H22ClN3O2S. The summed E-state index contributed by atoms with van der Waals surface area (Å²) < 4.78 is 24.4. The molecule has 134 valence electrons. The average molecular weight is 380 g/mol. The van der Waals surface area contributed by atoms with Gasteiger partial charge in [0.15, 0.2) is 15.8 Å². The van der Waals surface area contributed by atoms with E-state index in [9.17, 15) is 8.42 Å². The van der Waals surface area contributed by atoms with Gasteiger partial charge in [0.2, 0.25) is 0 Å². The van der Waals surface area contributed by atoms with Crippen molar-refractivity contribution in [2.45, 2.75) is 17.9 Å². The molecule has 0 unspecified atom stereocenters. The van der Waals surface area contributed by atoms with Crippen molar-refractivity contribution in [3.8, 4) is 0 Å². The highest BCUT2D eigenvalue weighted by molar-refractivity contribution is 7.91. The summed E-state index contributed by atoms with van der Waals surface area (Å²) in [5.41, 5.74) is 0.971. The second-order valence-corrected chi connectivity index (χ2v) is 7.95. The van der Waals surface area contributed by atoms with Gasteiger partial charge < -0.3 is 10.6 Å². The summed E-state index contributed by atoms with van der Waals surface area (Å²) in [6, 6.07) is 16.1. The molecule has 0 amide bonds. The maximum absolute atomic E-state index is 12.2. The molecule has 0 fully saturated rings. The fourth-order valence-corrected chi connectivity index (χ4v) is 3.79. The van der Waals surface area contributed by atoms with Crippen molar-refractivity contribution in [1.82, 2.24) is 10.6 Å². The molecule has 0 aliphatic rings. The molecule has 0 atom stereocenters. The van der Waals surface area contributed by atoms with Crippen molar-refractivity contribution in [2.75, 3.05) is 19.3 Å². The number of hydrogen-bond donors (Lipinski definition) is 2. The zero-order valence-corrected chi connectivity index (χ0v) is 15.6. The van der Waals surface area contributed by atoms with Crippen molar-refractivity contribution >= 4 is 27.4 Å². The van der Waals surface area contributed by atoms with Crippen LogP contribution in [0.15, 0.2) is 64.5 Å². The molecule has 0 saturated carbocycles. The molecule has 7 heteroatoms. The normalized spacial score (nSPS) is 12.0. The molecule has 0 saturated heterocycles. The highest BCUT2D eigenvalue weighted by Gasteiger charge is 2.13. The molecule has 0 aliphatic heterocycles. The lowest BCUT2D eigenvalue weighted by Gasteiger charge is -2.12. The predicted octanol–water partition coefficient (Wildman–Crippen LogP) is 2.87. The predicted molar refractivity (Wildman–Crippen MR) is 103 cm³/mol. The SMILES string of the molecule is CN=C(NCCCS(=O)(=O)c1ccccc1)NCc1ccccc1Cl. The Labute approximate surface area is 154 Å². The molecule has 0 bridgehead atoms. The van der Waals surface area contributed by atoms with Gasteiger partial charge in [0.05, 0.1) is 10.6 Å². The summed E-state index contributed by atoms with van der Waals surface area (Å²) in [7, 11) is -1.57. The number of halogens is 1. The van der Waals surface area contributed by atoms with Crippen LogP contribution in [0.1, 0.15) is 12.0 Å². The van der Waals surface area contributed by atoms with Gasteiger partial charge in [0.25, 0.3) is 0 Å². The van der Waals surface area contributed by atoms with Gasteiger partial charge in [-0.25, -0.2) is 8.42 Å². The first kappa shape index (κ1) is 19.3. The van der Waals surface area contributed by atoms with Crippen molar-refractivity contribution in [2.24, 2.45) is 4.99 Å². The quantitative estimate of drug-likeness (QED) is 0.441. The third-order valence-electron chi connectivity index (χ3n) is 3.61. The van der Waals surface area contributed by atoms with E-state index >= 15 is 0 Å². The molecule has 0 aromatic heterocycles. The minimum Gasteiger partial charge on any atom is -0.356 e. The summed E-state index contributed by atoms with van der Waals surface area (Å²) in [6.07, 6.45) is 0.490. The van der Waals surface area contributed by atoms with Crippen LogP contribution < -0.4 is 10.6 Å². The molecule has 2 N–H and O–H groups in total. The van der Waals surface area contributed by atoms with E-state index in [0.717, 1.165) is 5.56 Å². The molecule has 0 radical (unpaired) electrons. The highest BCUT2D eigenvalue weighted by Crippen LogP contribution is 2.14. The zero-order valence-electron chi connectivity index (χ0n) is 14.1. The molecule has 25 heavy (non-hydrogen) atoms. The van der Waals surface area contributed by atoms with Crippen molar-refractivity contribution < 1.29 is 8.42 Å². The molecule has 0 aliphatic carbocycles. The fourth-order valence-electron chi connectivity index (χ4n) is 2.26. The van der Waals surface area contributed by atoms with Crippen LogP contribution in [0.2, 0.25) is 5.02 Å². The molecule has 5 nitrogen and oxygen atoms in total.